The van der Waals surface area contributed by atoms with E-state index in [4.69, 9.17) is 0 Å². The monoisotopic (exact) mass is 270 g/mol. The van der Waals surface area contributed by atoms with Crippen LogP contribution in [-0.2, 0) is 9.59 Å². The van der Waals surface area contributed by atoms with Crippen LogP contribution in [0.3, 0.4) is 0 Å². The molecule has 0 aromatic rings. The Labute approximate surface area is 115 Å². The normalized spacial score (nSPS) is 20.1. The van der Waals surface area contributed by atoms with E-state index in [-0.39, 0.29) is 23.9 Å². The standard InChI is InChI=1S/C14H26N2O3/c1-11(13(19)15(2)3)16(4)14(10-12(17)18)8-6-5-7-9-14/h11H,5-10H2,1-4H3,(H,17,18). The van der Waals surface area contributed by atoms with Crippen molar-refractivity contribution in [3.8, 4) is 0 Å². The molecule has 1 aliphatic rings. The van der Waals surface area contributed by atoms with Gasteiger partial charge in [0.05, 0.1) is 12.5 Å². The molecule has 19 heavy (non-hydrogen) atoms. The van der Waals surface area contributed by atoms with Gasteiger partial charge in [0.15, 0.2) is 0 Å². The lowest BCUT2D eigenvalue weighted by Crippen LogP contribution is -2.56. The van der Waals surface area contributed by atoms with Gasteiger partial charge in [-0.05, 0) is 26.8 Å². The highest BCUT2D eigenvalue weighted by Crippen LogP contribution is 2.37. The van der Waals surface area contributed by atoms with E-state index >= 15 is 0 Å². The molecule has 0 aromatic heterocycles. The van der Waals surface area contributed by atoms with E-state index in [0.717, 1.165) is 32.1 Å². The van der Waals surface area contributed by atoms with Crippen molar-refractivity contribution >= 4 is 11.9 Å². The SMILES string of the molecule is CC(C(=O)N(C)C)N(C)C1(CC(=O)O)CCCCC1. The molecule has 0 spiro atoms. The summed E-state index contributed by atoms with van der Waals surface area (Å²) in [7, 11) is 5.36. The van der Waals surface area contributed by atoms with Gasteiger partial charge >= 0.3 is 5.97 Å². The van der Waals surface area contributed by atoms with Crippen molar-refractivity contribution in [2.45, 2.75) is 57.0 Å². The second-order valence-electron chi connectivity index (χ2n) is 5.88. The molecule has 1 amide bonds. The Morgan fingerprint density at radius 3 is 2.11 bits per heavy atom. The van der Waals surface area contributed by atoms with E-state index in [1.54, 1.807) is 19.0 Å². The van der Waals surface area contributed by atoms with Gasteiger partial charge < -0.3 is 10.0 Å². The minimum atomic E-state index is -0.779. The van der Waals surface area contributed by atoms with Gasteiger partial charge in [-0.25, -0.2) is 0 Å². The second kappa shape index (κ2) is 6.37. The summed E-state index contributed by atoms with van der Waals surface area (Å²) in [4.78, 5) is 26.8. The number of hydrogen-bond acceptors (Lipinski definition) is 3. The molecule has 0 heterocycles. The summed E-state index contributed by atoms with van der Waals surface area (Å²) < 4.78 is 0. The number of aliphatic carboxylic acids is 1. The molecule has 5 nitrogen and oxygen atoms in total. The number of carboxylic acid groups (broad SMARTS) is 1. The van der Waals surface area contributed by atoms with Crippen molar-refractivity contribution in [3.05, 3.63) is 0 Å². The number of carboxylic acids is 1. The minimum Gasteiger partial charge on any atom is -0.481 e. The molecular weight excluding hydrogens is 244 g/mol. The van der Waals surface area contributed by atoms with Gasteiger partial charge in [0.25, 0.3) is 0 Å². The first-order chi connectivity index (χ1) is 8.80. The lowest BCUT2D eigenvalue weighted by Gasteiger charge is -2.46. The maximum atomic E-state index is 12.1. The van der Waals surface area contributed by atoms with Crippen LogP contribution in [0.1, 0.15) is 45.4 Å². The van der Waals surface area contributed by atoms with Crippen LogP contribution in [0.25, 0.3) is 0 Å². The lowest BCUT2D eigenvalue weighted by atomic mass is 9.77. The third-order valence-electron chi connectivity index (χ3n) is 4.39. The molecule has 0 aliphatic heterocycles. The van der Waals surface area contributed by atoms with Crippen molar-refractivity contribution in [2.75, 3.05) is 21.1 Å². The summed E-state index contributed by atoms with van der Waals surface area (Å²) in [5.74, 6) is -0.754. The number of carbonyl (C=O) groups excluding carboxylic acids is 1. The highest BCUT2D eigenvalue weighted by molar-refractivity contribution is 5.81. The van der Waals surface area contributed by atoms with Crippen LogP contribution in [0.5, 0.6) is 0 Å². The third kappa shape index (κ3) is 3.69. The highest BCUT2D eigenvalue weighted by Gasteiger charge is 2.41. The van der Waals surface area contributed by atoms with Gasteiger partial charge in [-0.3, -0.25) is 14.5 Å². The molecule has 1 rings (SSSR count). The van der Waals surface area contributed by atoms with Crippen LogP contribution >= 0.6 is 0 Å². The van der Waals surface area contributed by atoms with Crippen LogP contribution in [0, 0.1) is 0 Å². The topological polar surface area (TPSA) is 60.9 Å². The van der Waals surface area contributed by atoms with Crippen LogP contribution in [0.15, 0.2) is 0 Å². The molecule has 1 saturated carbocycles. The predicted octanol–water partition coefficient (Wildman–Crippen LogP) is 1.57. The van der Waals surface area contributed by atoms with Crippen LogP contribution in [0.4, 0.5) is 0 Å². The number of nitrogens with zero attached hydrogens (tertiary/aromatic N) is 2. The first kappa shape index (κ1) is 16.0. The molecule has 110 valence electrons. The Kier molecular flexibility index (Phi) is 5.35. The predicted molar refractivity (Wildman–Crippen MR) is 74.0 cm³/mol. The number of amides is 1. The van der Waals surface area contributed by atoms with Gasteiger partial charge in [0.2, 0.25) is 5.91 Å². The fourth-order valence-electron chi connectivity index (χ4n) is 3.10. The van der Waals surface area contributed by atoms with E-state index in [1.807, 2.05) is 18.9 Å². The molecule has 0 bridgehead atoms. The summed E-state index contributed by atoms with van der Waals surface area (Å²) in [6.07, 6.45) is 5.09. The molecule has 1 atom stereocenters. The van der Waals surface area contributed by atoms with Crippen molar-refractivity contribution < 1.29 is 14.7 Å². The zero-order valence-corrected chi connectivity index (χ0v) is 12.5. The minimum absolute atomic E-state index is 0.0258. The summed E-state index contributed by atoms with van der Waals surface area (Å²) in [6.45, 7) is 1.86. The second-order valence-corrected chi connectivity index (χ2v) is 5.88. The average molecular weight is 270 g/mol. The molecule has 1 unspecified atom stereocenters. The maximum absolute atomic E-state index is 12.1. The fraction of sp³-hybridized carbons (Fsp3) is 0.857. The number of rotatable bonds is 5. The van der Waals surface area contributed by atoms with E-state index in [9.17, 15) is 14.7 Å². The molecule has 0 radical (unpaired) electrons. The molecule has 1 fully saturated rings. The lowest BCUT2D eigenvalue weighted by molar-refractivity contribution is -0.145. The molecule has 0 saturated heterocycles. The zero-order valence-electron chi connectivity index (χ0n) is 12.5. The zero-order chi connectivity index (χ0) is 14.6. The largest absolute Gasteiger partial charge is 0.481 e. The highest BCUT2D eigenvalue weighted by atomic mass is 16.4. The van der Waals surface area contributed by atoms with Gasteiger partial charge in [-0.2, -0.15) is 0 Å². The number of likely N-dealkylation sites (N-methyl/N-ethyl adjacent to an activating group) is 2. The Morgan fingerprint density at radius 1 is 1.16 bits per heavy atom. The Balaban J connectivity index is 2.90. The van der Waals surface area contributed by atoms with Gasteiger partial charge in [0, 0.05) is 19.6 Å². The molecule has 1 aliphatic carbocycles. The Hall–Kier alpha value is -1.10. The Bertz CT molecular complexity index is 336. The van der Waals surface area contributed by atoms with Gasteiger partial charge in [0.1, 0.15) is 0 Å². The van der Waals surface area contributed by atoms with Gasteiger partial charge in [-0.15, -0.1) is 0 Å². The number of carbonyl (C=O) groups is 2. The van der Waals surface area contributed by atoms with E-state index in [2.05, 4.69) is 0 Å². The third-order valence-corrected chi connectivity index (χ3v) is 4.39. The van der Waals surface area contributed by atoms with E-state index in [1.165, 1.54) is 0 Å². The molecule has 0 aromatic carbocycles. The van der Waals surface area contributed by atoms with E-state index < -0.39 is 5.97 Å². The van der Waals surface area contributed by atoms with Crippen molar-refractivity contribution in [1.29, 1.82) is 0 Å². The Morgan fingerprint density at radius 2 is 1.68 bits per heavy atom. The van der Waals surface area contributed by atoms with Crippen LogP contribution < -0.4 is 0 Å². The maximum Gasteiger partial charge on any atom is 0.305 e. The molecule has 5 heteroatoms. The van der Waals surface area contributed by atoms with Crippen molar-refractivity contribution in [3.63, 3.8) is 0 Å². The van der Waals surface area contributed by atoms with Crippen LogP contribution in [-0.4, -0.2) is 59.5 Å². The first-order valence-corrected chi connectivity index (χ1v) is 6.96. The van der Waals surface area contributed by atoms with Crippen LogP contribution in [0.2, 0.25) is 0 Å². The summed E-state index contributed by atoms with van der Waals surface area (Å²) >= 11 is 0. The fourth-order valence-corrected chi connectivity index (χ4v) is 3.10. The van der Waals surface area contributed by atoms with Crippen molar-refractivity contribution in [2.24, 2.45) is 0 Å². The summed E-state index contributed by atoms with van der Waals surface area (Å²) in [5, 5.41) is 9.19. The quantitative estimate of drug-likeness (QED) is 0.824. The first-order valence-electron chi connectivity index (χ1n) is 6.96. The van der Waals surface area contributed by atoms with Crippen molar-refractivity contribution in [1.82, 2.24) is 9.80 Å². The number of hydrogen-bond donors (Lipinski definition) is 1. The summed E-state index contributed by atoms with van der Waals surface area (Å²) in [6, 6.07) is -0.285. The summed E-state index contributed by atoms with van der Waals surface area (Å²) in [5.41, 5.74) is -0.366. The molecular formula is C14H26N2O3. The smallest absolute Gasteiger partial charge is 0.305 e. The van der Waals surface area contributed by atoms with Gasteiger partial charge in [-0.1, -0.05) is 19.3 Å². The molecule has 1 N–H and O–H groups in total. The average Bonchev–Trinajstić information content (AvgIpc) is 2.36. The van der Waals surface area contributed by atoms with E-state index in [0.29, 0.717) is 0 Å².